The summed E-state index contributed by atoms with van der Waals surface area (Å²) < 4.78 is 5.77. The first-order valence-electron chi connectivity index (χ1n) is 7.44. The lowest BCUT2D eigenvalue weighted by Crippen LogP contribution is -2.38. The normalized spacial score (nSPS) is 21.7. The van der Waals surface area contributed by atoms with Gasteiger partial charge >= 0.3 is 0 Å². The molecule has 0 unspecified atom stereocenters. The molecule has 4 heteroatoms. The van der Waals surface area contributed by atoms with Gasteiger partial charge < -0.3 is 15.0 Å². The largest absolute Gasteiger partial charge is 0.376 e. The molecule has 20 heavy (non-hydrogen) atoms. The molecule has 1 N–H and O–H groups in total. The lowest BCUT2D eigenvalue weighted by Gasteiger charge is -2.35. The quantitative estimate of drug-likeness (QED) is 0.897. The van der Waals surface area contributed by atoms with E-state index in [1.807, 2.05) is 26.4 Å². The van der Waals surface area contributed by atoms with Crippen LogP contribution in [0, 0.1) is 5.92 Å². The van der Waals surface area contributed by atoms with Crippen LogP contribution in [0.5, 0.6) is 0 Å². The van der Waals surface area contributed by atoms with Crippen LogP contribution in [0.15, 0.2) is 18.3 Å². The predicted octanol–water partition coefficient (Wildman–Crippen LogP) is 2.44. The van der Waals surface area contributed by atoms with Crippen molar-refractivity contribution < 1.29 is 4.74 Å². The molecule has 0 spiro atoms. The highest BCUT2D eigenvalue weighted by molar-refractivity contribution is 5.44. The number of nitrogens with zero attached hydrogens (tertiary/aromatic N) is 2. The molecule has 0 aromatic carbocycles. The maximum absolute atomic E-state index is 5.77. The summed E-state index contributed by atoms with van der Waals surface area (Å²) in [6.45, 7) is 7.18. The fraction of sp³-hybridized carbons (Fsp3) is 0.688. The molecule has 2 heterocycles. The lowest BCUT2D eigenvalue weighted by molar-refractivity contribution is -0.0718. The monoisotopic (exact) mass is 277 g/mol. The Morgan fingerprint density at radius 2 is 2.25 bits per heavy atom. The van der Waals surface area contributed by atoms with Gasteiger partial charge in [-0.1, -0.05) is 6.07 Å². The van der Waals surface area contributed by atoms with Gasteiger partial charge in [0, 0.05) is 39.0 Å². The first-order valence-corrected chi connectivity index (χ1v) is 7.44. The number of anilines is 1. The molecule has 4 nitrogen and oxygen atoms in total. The van der Waals surface area contributed by atoms with Gasteiger partial charge in [-0.3, -0.25) is 0 Å². The van der Waals surface area contributed by atoms with Crippen molar-refractivity contribution in [2.45, 2.75) is 38.8 Å². The first kappa shape index (κ1) is 15.3. The summed E-state index contributed by atoms with van der Waals surface area (Å²) in [6, 6.07) is 4.14. The Morgan fingerprint density at radius 3 is 2.95 bits per heavy atom. The van der Waals surface area contributed by atoms with E-state index >= 15 is 0 Å². The van der Waals surface area contributed by atoms with Crippen molar-refractivity contribution in [1.29, 1.82) is 0 Å². The Hall–Kier alpha value is -1.13. The third-order valence-electron chi connectivity index (χ3n) is 3.84. The average Bonchev–Trinajstić information content (AvgIpc) is 2.38. The topological polar surface area (TPSA) is 37.4 Å². The second-order valence-electron chi connectivity index (χ2n) is 6.48. The van der Waals surface area contributed by atoms with Crippen LogP contribution in [-0.2, 0) is 11.3 Å². The molecule has 112 valence electrons. The fourth-order valence-electron chi connectivity index (χ4n) is 2.91. The van der Waals surface area contributed by atoms with E-state index in [0.29, 0.717) is 5.92 Å². The first-order chi connectivity index (χ1) is 9.48. The smallest absolute Gasteiger partial charge is 0.132 e. The molecule has 1 aromatic rings. The molecule has 1 fully saturated rings. The van der Waals surface area contributed by atoms with E-state index in [0.717, 1.165) is 38.4 Å². The van der Waals surface area contributed by atoms with Gasteiger partial charge in [0.1, 0.15) is 5.82 Å². The third kappa shape index (κ3) is 4.18. The second kappa shape index (κ2) is 6.55. The molecule has 0 aliphatic carbocycles. The maximum Gasteiger partial charge on any atom is 0.132 e. The Kier molecular flexibility index (Phi) is 5.00. The molecule has 0 amide bonds. The minimum Gasteiger partial charge on any atom is -0.376 e. The summed E-state index contributed by atoms with van der Waals surface area (Å²) in [4.78, 5) is 6.50. The zero-order chi connectivity index (χ0) is 14.6. The van der Waals surface area contributed by atoms with Gasteiger partial charge in [0.05, 0.1) is 5.60 Å². The van der Waals surface area contributed by atoms with Crippen LogP contribution in [0.4, 0.5) is 5.82 Å². The minimum absolute atomic E-state index is 0.0354. The Labute approximate surface area is 122 Å². The molecule has 1 aliphatic heterocycles. The maximum atomic E-state index is 5.77. The van der Waals surface area contributed by atoms with E-state index in [4.69, 9.17) is 4.74 Å². The van der Waals surface area contributed by atoms with E-state index in [-0.39, 0.29) is 5.60 Å². The van der Waals surface area contributed by atoms with Crippen molar-refractivity contribution in [1.82, 2.24) is 10.3 Å². The summed E-state index contributed by atoms with van der Waals surface area (Å²) >= 11 is 0. The van der Waals surface area contributed by atoms with Gasteiger partial charge in [-0.05, 0) is 45.2 Å². The van der Waals surface area contributed by atoms with Crippen LogP contribution in [0.1, 0.15) is 32.3 Å². The molecule has 1 aliphatic rings. The highest BCUT2D eigenvalue weighted by atomic mass is 16.5. The predicted molar refractivity (Wildman–Crippen MR) is 83.0 cm³/mol. The number of aromatic nitrogens is 1. The zero-order valence-corrected chi connectivity index (χ0v) is 13.1. The van der Waals surface area contributed by atoms with Crippen LogP contribution >= 0.6 is 0 Å². The van der Waals surface area contributed by atoms with Crippen molar-refractivity contribution in [3.05, 3.63) is 23.9 Å². The van der Waals surface area contributed by atoms with Gasteiger partial charge in [0.15, 0.2) is 0 Å². The second-order valence-corrected chi connectivity index (χ2v) is 6.48. The van der Waals surface area contributed by atoms with Gasteiger partial charge in [-0.15, -0.1) is 0 Å². The van der Waals surface area contributed by atoms with Gasteiger partial charge in [-0.25, -0.2) is 4.98 Å². The van der Waals surface area contributed by atoms with Crippen molar-refractivity contribution in [3.63, 3.8) is 0 Å². The van der Waals surface area contributed by atoms with Crippen LogP contribution in [0.25, 0.3) is 0 Å². The summed E-state index contributed by atoms with van der Waals surface area (Å²) in [5, 5.41) is 3.58. The highest BCUT2D eigenvalue weighted by Gasteiger charge is 2.28. The van der Waals surface area contributed by atoms with Gasteiger partial charge in [0.2, 0.25) is 0 Å². The number of ether oxygens (including phenoxy) is 1. The van der Waals surface area contributed by atoms with Crippen molar-refractivity contribution in [2.75, 3.05) is 32.1 Å². The van der Waals surface area contributed by atoms with Crippen molar-refractivity contribution in [3.8, 4) is 0 Å². The summed E-state index contributed by atoms with van der Waals surface area (Å²) in [6.07, 6.45) is 4.14. The van der Waals surface area contributed by atoms with Crippen molar-refractivity contribution in [2.24, 2.45) is 5.92 Å². The van der Waals surface area contributed by atoms with E-state index in [1.165, 1.54) is 5.56 Å². The van der Waals surface area contributed by atoms with Crippen LogP contribution in [-0.4, -0.2) is 37.8 Å². The summed E-state index contributed by atoms with van der Waals surface area (Å²) in [7, 11) is 4.07. The third-order valence-corrected chi connectivity index (χ3v) is 3.84. The van der Waals surface area contributed by atoms with Gasteiger partial charge in [-0.2, -0.15) is 0 Å². The molecule has 0 saturated carbocycles. The fourth-order valence-corrected chi connectivity index (χ4v) is 2.91. The zero-order valence-electron chi connectivity index (χ0n) is 13.1. The van der Waals surface area contributed by atoms with E-state index in [9.17, 15) is 0 Å². The molecule has 2 rings (SSSR count). The van der Waals surface area contributed by atoms with E-state index in [2.05, 4.69) is 35.1 Å². The number of hydrogen-bond acceptors (Lipinski definition) is 4. The molecule has 0 radical (unpaired) electrons. The number of nitrogens with one attached hydrogen (secondary N) is 1. The SMILES string of the molecule is CN(C)c1ncccc1CNC[C@@H]1CCOC(C)(C)C1. The average molecular weight is 277 g/mol. The Morgan fingerprint density at radius 1 is 1.45 bits per heavy atom. The molecule has 1 saturated heterocycles. The number of pyridine rings is 1. The highest BCUT2D eigenvalue weighted by Crippen LogP contribution is 2.28. The van der Waals surface area contributed by atoms with E-state index in [1.54, 1.807) is 0 Å². The minimum atomic E-state index is 0.0354. The van der Waals surface area contributed by atoms with E-state index < -0.39 is 0 Å². The van der Waals surface area contributed by atoms with Crippen LogP contribution < -0.4 is 10.2 Å². The van der Waals surface area contributed by atoms with Crippen LogP contribution in [0.2, 0.25) is 0 Å². The van der Waals surface area contributed by atoms with Gasteiger partial charge in [0.25, 0.3) is 0 Å². The molecule has 1 aromatic heterocycles. The molecule has 0 bridgehead atoms. The molecule has 1 atom stereocenters. The summed E-state index contributed by atoms with van der Waals surface area (Å²) in [5.74, 6) is 1.76. The lowest BCUT2D eigenvalue weighted by atomic mass is 9.88. The van der Waals surface area contributed by atoms with Crippen LogP contribution in [0.3, 0.4) is 0 Å². The number of rotatable bonds is 5. The molecular formula is C16H27N3O. The summed E-state index contributed by atoms with van der Waals surface area (Å²) in [5.41, 5.74) is 1.29. The Bertz CT molecular complexity index is 431. The Balaban J connectivity index is 1.84. The standard InChI is InChI=1S/C16H27N3O/c1-16(2)10-13(7-9-20-16)11-17-12-14-6-5-8-18-15(14)19(3)4/h5-6,8,13,17H,7,9-12H2,1-4H3/t13-/m1/s1. The van der Waals surface area contributed by atoms with Crippen molar-refractivity contribution >= 4 is 5.82 Å². The molecular weight excluding hydrogens is 250 g/mol. The number of hydrogen-bond donors (Lipinski definition) is 1.